The van der Waals surface area contributed by atoms with E-state index in [0.717, 1.165) is 28.1 Å². The molecule has 29 heavy (non-hydrogen) atoms. The van der Waals surface area contributed by atoms with E-state index in [0.29, 0.717) is 12.2 Å². The van der Waals surface area contributed by atoms with Crippen molar-refractivity contribution in [3.63, 3.8) is 0 Å². The maximum Gasteiger partial charge on any atom is 0.407 e. The number of pyridine rings is 1. The van der Waals surface area contributed by atoms with Gasteiger partial charge in [0.1, 0.15) is 6.61 Å². The Bertz CT molecular complexity index is 1010. The first kappa shape index (κ1) is 19.7. The van der Waals surface area contributed by atoms with Gasteiger partial charge in [0.2, 0.25) is 0 Å². The molecule has 0 unspecified atom stereocenters. The fraction of sp³-hybridized carbons (Fsp3) is 0.0870. The molecule has 2 aromatic carbocycles. The van der Waals surface area contributed by atoms with E-state index in [-0.39, 0.29) is 6.61 Å². The molecular formula is C23H22N4O2. The third kappa shape index (κ3) is 5.73. The molecule has 6 heteroatoms. The van der Waals surface area contributed by atoms with E-state index in [1.165, 1.54) is 0 Å². The Kier molecular flexibility index (Phi) is 6.66. The quantitative estimate of drug-likeness (QED) is 0.415. The fourth-order valence-electron chi connectivity index (χ4n) is 2.61. The van der Waals surface area contributed by atoms with Gasteiger partial charge < -0.3 is 21.1 Å². The van der Waals surface area contributed by atoms with Gasteiger partial charge in [-0.05, 0) is 23.8 Å². The van der Waals surface area contributed by atoms with Crippen molar-refractivity contribution < 1.29 is 9.53 Å². The van der Waals surface area contributed by atoms with Crippen LogP contribution in [-0.4, -0.2) is 11.1 Å². The van der Waals surface area contributed by atoms with Crippen LogP contribution in [0.25, 0.3) is 5.70 Å². The minimum atomic E-state index is -0.481. The van der Waals surface area contributed by atoms with Crippen LogP contribution < -0.4 is 16.4 Å². The molecule has 0 aliphatic rings. The predicted molar refractivity (Wildman–Crippen MR) is 115 cm³/mol. The summed E-state index contributed by atoms with van der Waals surface area (Å²) in [6, 6.07) is 18.8. The number of anilines is 2. The number of nitrogens with one attached hydrogen (secondary N) is 2. The summed E-state index contributed by atoms with van der Waals surface area (Å²) in [5, 5.41) is 5.97. The molecule has 3 rings (SSSR count). The summed E-state index contributed by atoms with van der Waals surface area (Å²) in [5.41, 5.74) is 13.7. The molecule has 0 saturated carbocycles. The van der Waals surface area contributed by atoms with E-state index in [4.69, 9.17) is 10.5 Å². The van der Waals surface area contributed by atoms with Gasteiger partial charge >= 0.3 is 6.09 Å². The van der Waals surface area contributed by atoms with Gasteiger partial charge in [0.25, 0.3) is 0 Å². The number of benzene rings is 2. The number of carbonyl (C=O) groups is 1. The first-order chi connectivity index (χ1) is 14.2. The van der Waals surface area contributed by atoms with Crippen molar-refractivity contribution in [3.8, 4) is 0 Å². The van der Waals surface area contributed by atoms with Crippen molar-refractivity contribution >= 4 is 23.2 Å². The Morgan fingerprint density at radius 1 is 1.07 bits per heavy atom. The number of ether oxygens (including phenoxy) is 1. The highest BCUT2D eigenvalue weighted by molar-refractivity contribution is 5.81. The SMILES string of the molecule is C=C=C(Nc1ccccc1N)c1ccc(CNC(=O)OCc2cccnc2)cc1. The van der Waals surface area contributed by atoms with Gasteiger partial charge in [0.15, 0.2) is 0 Å². The third-order valence-electron chi connectivity index (χ3n) is 4.17. The van der Waals surface area contributed by atoms with Gasteiger partial charge in [-0.15, -0.1) is 5.73 Å². The van der Waals surface area contributed by atoms with Crippen LogP contribution in [0.5, 0.6) is 0 Å². The maximum absolute atomic E-state index is 11.8. The second-order valence-corrected chi connectivity index (χ2v) is 6.25. The molecule has 1 aromatic heterocycles. The fourth-order valence-corrected chi connectivity index (χ4v) is 2.61. The maximum atomic E-state index is 11.8. The van der Waals surface area contributed by atoms with E-state index < -0.39 is 6.09 Å². The van der Waals surface area contributed by atoms with Gasteiger partial charge in [0, 0.05) is 30.1 Å². The largest absolute Gasteiger partial charge is 0.445 e. The summed E-state index contributed by atoms with van der Waals surface area (Å²) in [5.74, 6) is 0. The number of amides is 1. The Balaban J connectivity index is 1.53. The number of rotatable bonds is 7. The molecule has 0 aliphatic heterocycles. The molecule has 146 valence electrons. The predicted octanol–water partition coefficient (Wildman–Crippen LogP) is 4.33. The van der Waals surface area contributed by atoms with Crippen LogP contribution in [0.4, 0.5) is 16.2 Å². The van der Waals surface area contributed by atoms with Gasteiger partial charge in [0.05, 0.1) is 17.1 Å². The number of hydrogen-bond donors (Lipinski definition) is 3. The Morgan fingerprint density at radius 2 is 1.86 bits per heavy atom. The van der Waals surface area contributed by atoms with Gasteiger partial charge in [-0.3, -0.25) is 4.98 Å². The average Bonchev–Trinajstić information content (AvgIpc) is 2.77. The molecule has 1 heterocycles. The monoisotopic (exact) mass is 386 g/mol. The van der Waals surface area contributed by atoms with Crippen LogP contribution in [0.2, 0.25) is 0 Å². The van der Waals surface area contributed by atoms with Crippen molar-refractivity contribution in [2.24, 2.45) is 0 Å². The number of nitrogens with zero attached hydrogens (tertiary/aromatic N) is 1. The average molecular weight is 386 g/mol. The molecule has 6 nitrogen and oxygen atoms in total. The van der Waals surface area contributed by atoms with Crippen molar-refractivity contribution in [2.45, 2.75) is 13.2 Å². The molecule has 0 radical (unpaired) electrons. The number of aromatic nitrogens is 1. The van der Waals surface area contributed by atoms with Gasteiger partial charge in [-0.2, -0.15) is 0 Å². The summed E-state index contributed by atoms with van der Waals surface area (Å²) in [6.45, 7) is 4.29. The minimum Gasteiger partial charge on any atom is -0.445 e. The summed E-state index contributed by atoms with van der Waals surface area (Å²) in [4.78, 5) is 15.8. The zero-order chi connectivity index (χ0) is 20.5. The molecule has 1 amide bonds. The Morgan fingerprint density at radius 3 is 2.55 bits per heavy atom. The molecule has 0 aliphatic carbocycles. The Labute approximate surface area is 169 Å². The molecule has 0 spiro atoms. The molecular weight excluding hydrogens is 364 g/mol. The van der Waals surface area contributed by atoms with E-state index in [1.807, 2.05) is 54.6 Å². The molecule has 3 aromatic rings. The van der Waals surface area contributed by atoms with E-state index >= 15 is 0 Å². The van der Waals surface area contributed by atoms with Crippen LogP contribution in [0, 0.1) is 0 Å². The summed E-state index contributed by atoms with van der Waals surface area (Å²) in [7, 11) is 0. The number of hydrogen-bond acceptors (Lipinski definition) is 5. The molecule has 0 fully saturated rings. The first-order valence-electron chi connectivity index (χ1n) is 9.06. The Hall–Kier alpha value is -4.02. The number of para-hydroxylation sites is 2. The zero-order valence-corrected chi connectivity index (χ0v) is 15.9. The lowest BCUT2D eigenvalue weighted by Crippen LogP contribution is -2.23. The molecule has 0 bridgehead atoms. The van der Waals surface area contributed by atoms with Crippen LogP contribution >= 0.6 is 0 Å². The number of nitrogens with two attached hydrogens (primary N) is 1. The smallest absolute Gasteiger partial charge is 0.407 e. The second kappa shape index (κ2) is 9.78. The highest BCUT2D eigenvalue weighted by Gasteiger charge is 2.06. The standard InChI is InChI=1S/C23H22N4O2/c1-2-21(27-22-8-4-3-7-20(22)24)19-11-9-17(10-12-19)15-26-23(28)29-16-18-6-5-13-25-14-18/h3-14,27H,1,15-16,24H2,(H,26,28). The van der Waals surface area contributed by atoms with Gasteiger partial charge in [-0.25, -0.2) is 4.79 Å². The number of carbonyl (C=O) groups excluding carboxylic acids is 1. The van der Waals surface area contributed by atoms with Crippen molar-refractivity contribution in [1.29, 1.82) is 0 Å². The van der Waals surface area contributed by atoms with E-state index in [9.17, 15) is 4.79 Å². The molecule has 4 N–H and O–H groups in total. The summed E-state index contributed by atoms with van der Waals surface area (Å²) in [6.07, 6.45) is 2.85. The lowest BCUT2D eigenvalue weighted by molar-refractivity contribution is 0.139. The number of nitrogen functional groups attached to an aromatic ring is 1. The second-order valence-electron chi connectivity index (χ2n) is 6.25. The number of alkyl carbamates (subject to hydrolysis) is 1. The topological polar surface area (TPSA) is 89.3 Å². The van der Waals surface area contributed by atoms with Crippen LogP contribution in [0.3, 0.4) is 0 Å². The van der Waals surface area contributed by atoms with E-state index in [2.05, 4.69) is 27.9 Å². The minimum absolute atomic E-state index is 0.181. The summed E-state index contributed by atoms with van der Waals surface area (Å²) < 4.78 is 5.17. The van der Waals surface area contributed by atoms with Crippen molar-refractivity contribution in [3.05, 3.63) is 102 Å². The normalized spacial score (nSPS) is 9.93. The summed E-state index contributed by atoms with van der Waals surface area (Å²) >= 11 is 0. The molecule has 0 saturated heterocycles. The van der Waals surface area contributed by atoms with Crippen molar-refractivity contribution in [2.75, 3.05) is 11.1 Å². The van der Waals surface area contributed by atoms with Crippen molar-refractivity contribution in [1.82, 2.24) is 10.3 Å². The highest BCUT2D eigenvalue weighted by atomic mass is 16.5. The van der Waals surface area contributed by atoms with Crippen LogP contribution in [0.15, 0.2) is 85.4 Å². The zero-order valence-electron chi connectivity index (χ0n) is 15.9. The highest BCUT2D eigenvalue weighted by Crippen LogP contribution is 2.23. The molecule has 0 atom stereocenters. The van der Waals surface area contributed by atoms with Crippen LogP contribution in [-0.2, 0) is 17.9 Å². The lowest BCUT2D eigenvalue weighted by atomic mass is 10.1. The van der Waals surface area contributed by atoms with Gasteiger partial charge in [-0.1, -0.05) is 49.0 Å². The lowest BCUT2D eigenvalue weighted by Gasteiger charge is -2.12. The van der Waals surface area contributed by atoms with E-state index in [1.54, 1.807) is 18.5 Å². The first-order valence-corrected chi connectivity index (χ1v) is 9.06. The third-order valence-corrected chi connectivity index (χ3v) is 4.17. The van der Waals surface area contributed by atoms with Crippen LogP contribution in [0.1, 0.15) is 16.7 Å².